The van der Waals surface area contributed by atoms with Gasteiger partial charge in [0, 0.05) is 18.3 Å². The Balaban J connectivity index is 1.79. The molecule has 9 nitrogen and oxygen atoms in total. The molecule has 0 saturated carbocycles. The Morgan fingerprint density at radius 3 is 2.49 bits per heavy atom. The number of carbonyl (C=O) groups is 1. The molecule has 210 valence electrons. The number of anilines is 3. The third-order valence-electron chi connectivity index (χ3n) is 6.27. The SMILES string of the molecule is COc1ccc(C(=N)c2c(N)ncnc2NC(C)C(=Nc2cccc(F)c2C=O)N(C)c2ccccc2)c(F)c1F. The molecule has 0 spiro atoms. The van der Waals surface area contributed by atoms with Crippen LogP contribution in [0.1, 0.15) is 28.4 Å². The molecule has 0 saturated heterocycles. The molecule has 0 fully saturated rings. The number of benzene rings is 3. The number of aliphatic imine (C=N–C) groups is 1. The van der Waals surface area contributed by atoms with E-state index in [9.17, 15) is 18.0 Å². The largest absolute Gasteiger partial charge is 0.494 e. The minimum absolute atomic E-state index is 0.0367. The van der Waals surface area contributed by atoms with Crippen LogP contribution < -0.4 is 20.7 Å². The van der Waals surface area contributed by atoms with E-state index in [1.807, 2.05) is 30.3 Å². The Morgan fingerprint density at radius 1 is 1.07 bits per heavy atom. The molecule has 3 aromatic carbocycles. The maximum absolute atomic E-state index is 14.9. The fourth-order valence-electron chi connectivity index (χ4n) is 4.15. The number of amidine groups is 1. The lowest BCUT2D eigenvalue weighted by molar-refractivity contribution is 0.112. The van der Waals surface area contributed by atoms with Crippen molar-refractivity contribution in [2.45, 2.75) is 13.0 Å². The lowest BCUT2D eigenvalue weighted by Crippen LogP contribution is -2.40. The maximum atomic E-state index is 14.9. The van der Waals surface area contributed by atoms with Gasteiger partial charge >= 0.3 is 0 Å². The fourth-order valence-corrected chi connectivity index (χ4v) is 4.15. The Bertz CT molecular complexity index is 1630. The molecular weight excluding hydrogens is 535 g/mol. The zero-order chi connectivity index (χ0) is 29.7. The van der Waals surface area contributed by atoms with Gasteiger partial charge in [0.2, 0.25) is 5.82 Å². The van der Waals surface area contributed by atoms with Gasteiger partial charge in [-0.05, 0) is 43.3 Å². The number of para-hydroxylation sites is 1. The number of nitrogen functional groups attached to an aromatic ring is 1. The van der Waals surface area contributed by atoms with Crippen LogP contribution >= 0.6 is 0 Å². The van der Waals surface area contributed by atoms with Gasteiger partial charge in [0.05, 0.1) is 35.7 Å². The number of aldehydes is 1. The van der Waals surface area contributed by atoms with E-state index in [1.165, 1.54) is 31.4 Å². The van der Waals surface area contributed by atoms with Gasteiger partial charge in [-0.2, -0.15) is 4.39 Å². The molecule has 1 atom stereocenters. The Hall–Kier alpha value is -5.26. The number of rotatable bonds is 9. The van der Waals surface area contributed by atoms with E-state index >= 15 is 0 Å². The Labute approximate surface area is 234 Å². The number of nitrogens with two attached hydrogens (primary N) is 1. The number of methoxy groups -OCH3 is 1. The van der Waals surface area contributed by atoms with E-state index < -0.39 is 29.2 Å². The van der Waals surface area contributed by atoms with E-state index in [0.717, 1.165) is 18.1 Å². The molecule has 0 aliphatic rings. The molecule has 4 N–H and O–H groups in total. The predicted octanol–water partition coefficient (Wildman–Crippen LogP) is 5.38. The summed E-state index contributed by atoms with van der Waals surface area (Å²) in [6.07, 6.45) is 1.54. The van der Waals surface area contributed by atoms with E-state index in [2.05, 4.69) is 20.3 Å². The zero-order valence-corrected chi connectivity index (χ0v) is 22.3. The van der Waals surface area contributed by atoms with Crippen LogP contribution in [0.2, 0.25) is 0 Å². The summed E-state index contributed by atoms with van der Waals surface area (Å²) in [6, 6.07) is 14.9. The maximum Gasteiger partial charge on any atom is 0.201 e. The van der Waals surface area contributed by atoms with E-state index in [4.69, 9.17) is 15.9 Å². The summed E-state index contributed by atoms with van der Waals surface area (Å²) in [6.45, 7) is 1.72. The van der Waals surface area contributed by atoms with E-state index in [1.54, 1.807) is 18.9 Å². The lowest BCUT2D eigenvalue weighted by atomic mass is 10.0. The smallest absolute Gasteiger partial charge is 0.201 e. The van der Waals surface area contributed by atoms with Crippen LogP contribution in [0.4, 0.5) is 36.2 Å². The van der Waals surface area contributed by atoms with Gasteiger partial charge in [-0.25, -0.2) is 23.7 Å². The van der Waals surface area contributed by atoms with Gasteiger partial charge in [-0.3, -0.25) is 10.2 Å². The van der Waals surface area contributed by atoms with Gasteiger partial charge in [0.15, 0.2) is 17.9 Å². The first-order valence-electron chi connectivity index (χ1n) is 12.3. The molecule has 1 unspecified atom stereocenters. The summed E-state index contributed by atoms with van der Waals surface area (Å²) in [4.78, 5) is 26.1. The molecule has 4 aromatic rings. The molecule has 0 aliphatic heterocycles. The second-order valence-corrected chi connectivity index (χ2v) is 8.82. The number of aromatic nitrogens is 2. The first-order chi connectivity index (χ1) is 19.7. The molecule has 0 amide bonds. The third-order valence-corrected chi connectivity index (χ3v) is 6.27. The van der Waals surface area contributed by atoms with Gasteiger partial charge in [0.1, 0.15) is 29.6 Å². The Kier molecular flexibility index (Phi) is 8.61. The van der Waals surface area contributed by atoms with Crippen molar-refractivity contribution >= 4 is 40.8 Å². The number of hydrogen-bond donors (Lipinski definition) is 3. The highest BCUT2D eigenvalue weighted by Crippen LogP contribution is 2.29. The second-order valence-electron chi connectivity index (χ2n) is 8.82. The lowest BCUT2D eigenvalue weighted by Gasteiger charge is -2.28. The molecule has 41 heavy (non-hydrogen) atoms. The average Bonchev–Trinajstić information content (AvgIpc) is 2.97. The summed E-state index contributed by atoms with van der Waals surface area (Å²) in [5, 5.41) is 11.8. The molecule has 1 aromatic heterocycles. The minimum Gasteiger partial charge on any atom is -0.494 e. The quantitative estimate of drug-likeness (QED) is 0.142. The van der Waals surface area contributed by atoms with Gasteiger partial charge in [0.25, 0.3) is 0 Å². The summed E-state index contributed by atoms with van der Waals surface area (Å²) >= 11 is 0. The highest BCUT2D eigenvalue weighted by molar-refractivity contribution is 6.16. The molecule has 0 aliphatic carbocycles. The molecule has 0 radical (unpaired) electrons. The van der Waals surface area contributed by atoms with E-state index in [0.29, 0.717) is 12.1 Å². The molecule has 1 heterocycles. The van der Waals surface area contributed by atoms with Crippen LogP contribution in [-0.4, -0.2) is 48.0 Å². The highest BCUT2D eigenvalue weighted by Gasteiger charge is 2.25. The van der Waals surface area contributed by atoms with Crippen molar-refractivity contribution < 1.29 is 22.7 Å². The number of nitrogens with one attached hydrogen (secondary N) is 2. The van der Waals surface area contributed by atoms with Crippen molar-refractivity contribution in [2.24, 2.45) is 4.99 Å². The predicted molar refractivity (Wildman–Crippen MR) is 152 cm³/mol. The van der Waals surface area contributed by atoms with Crippen molar-refractivity contribution in [3.63, 3.8) is 0 Å². The second kappa shape index (κ2) is 12.3. The number of ether oxygens (including phenoxy) is 1. The molecule has 0 bridgehead atoms. The average molecular weight is 562 g/mol. The van der Waals surface area contributed by atoms with Gasteiger partial charge in [-0.1, -0.05) is 24.3 Å². The van der Waals surface area contributed by atoms with Crippen LogP contribution in [0.3, 0.4) is 0 Å². The van der Waals surface area contributed by atoms with Crippen LogP contribution in [0.15, 0.2) is 72.0 Å². The summed E-state index contributed by atoms with van der Waals surface area (Å²) in [5.41, 5.74) is 5.76. The van der Waals surface area contributed by atoms with Crippen LogP contribution in [0.5, 0.6) is 5.75 Å². The number of hydrogen-bond acceptors (Lipinski definition) is 8. The Morgan fingerprint density at radius 2 is 1.80 bits per heavy atom. The van der Waals surface area contributed by atoms with Crippen molar-refractivity contribution in [2.75, 3.05) is 30.1 Å². The number of carbonyl (C=O) groups excluding carboxylic acids is 1. The fraction of sp³-hybridized carbons (Fsp3) is 0.138. The first-order valence-corrected chi connectivity index (χ1v) is 12.3. The number of nitrogens with zero attached hydrogens (tertiary/aromatic N) is 4. The normalized spacial score (nSPS) is 12.0. The van der Waals surface area contributed by atoms with Crippen molar-refractivity contribution in [3.05, 3.63) is 101 Å². The topological polar surface area (TPSA) is 130 Å². The van der Waals surface area contributed by atoms with Gasteiger partial charge in [-0.15, -0.1) is 0 Å². The van der Waals surface area contributed by atoms with Crippen LogP contribution in [-0.2, 0) is 0 Å². The number of likely N-dealkylation sites (N-methyl/N-ethyl adjacent to an activating group) is 1. The van der Waals surface area contributed by atoms with Crippen LogP contribution in [0.25, 0.3) is 0 Å². The van der Waals surface area contributed by atoms with Crippen molar-refractivity contribution in [3.8, 4) is 5.75 Å². The van der Waals surface area contributed by atoms with Crippen LogP contribution in [0, 0.1) is 22.9 Å². The van der Waals surface area contributed by atoms with Crippen molar-refractivity contribution in [1.29, 1.82) is 5.41 Å². The first kappa shape index (κ1) is 28.7. The monoisotopic (exact) mass is 561 g/mol. The highest BCUT2D eigenvalue weighted by atomic mass is 19.2. The number of halogens is 3. The van der Waals surface area contributed by atoms with Crippen molar-refractivity contribution in [1.82, 2.24) is 9.97 Å². The zero-order valence-electron chi connectivity index (χ0n) is 22.3. The molecule has 12 heteroatoms. The standard InChI is InChI=1S/C29H26F3N7O2/c1-16(29(39(2)17-8-5-4-6-9-17)38-21-11-7-10-20(30)19(21)14-40)37-28-23(27(34)35-15-36-28)26(33)18-12-13-22(41-3)25(32)24(18)31/h4-16,33H,1-3H3,(H3,34,35,36,37). The van der Waals surface area contributed by atoms with E-state index in [-0.39, 0.29) is 39.8 Å². The summed E-state index contributed by atoms with van der Waals surface area (Å²) < 4.78 is 48.5. The molecular formula is C29H26F3N7O2. The summed E-state index contributed by atoms with van der Waals surface area (Å²) in [7, 11) is 2.93. The molecule has 4 rings (SSSR count). The third kappa shape index (κ3) is 5.86. The van der Waals surface area contributed by atoms with Gasteiger partial charge < -0.3 is 20.7 Å². The minimum atomic E-state index is -1.30. The summed E-state index contributed by atoms with van der Waals surface area (Å²) in [5.74, 6) is -3.38.